The number of alkyl halides is 7. The van der Waals surface area contributed by atoms with E-state index < -0.39 is 35.1 Å². The minimum Gasteiger partial charge on any atom is -0.465 e. The van der Waals surface area contributed by atoms with E-state index in [9.17, 15) is 35.5 Å². The molecule has 0 aliphatic heterocycles. The van der Waals surface area contributed by atoms with Crippen LogP contribution in [0.3, 0.4) is 0 Å². The lowest BCUT2D eigenvalue weighted by Crippen LogP contribution is -2.51. The van der Waals surface area contributed by atoms with Gasteiger partial charge in [-0.3, -0.25) is 0 Å². The summed E-state index contributed by atoms with van der Waals surface area (Å²) < 4.78 is 101. The fourth-order valence-electron chi connectivity index (χ4n) is 3.97. The molecule has 3 nitrogen and oxygen atoms in total. The van der Waals surface area contributed by atoms with E-state index in [4.69, 9.17) is 16.3 Å². The monoisotopic (exact) mass is 521 g/mol. The summed E-state index contributed by atoms with van der Waals surface area (Å²) in [4.78, 5) is 11.9. The first-order chi connectivity index (χ1) is 16.0. The number of benzene rings is 2. The molecule has 0 saturated carbocycles. The van der Waals surface area contributed by atoms with E-state index >= 15 is 0 Å². The molecule has 0 radical (unpaired) electrons. The summed E-state index contributed by atoms with van der Waals surface area (Å²) in [6.07, 6.45) is -9.28. The maximum absolute atomic E-state index is 14.8. The Morgan fingerprint density at radius 3 is 2.03 bits per heavy atom. The Bertz CT molecular complexity index is 1280. The molecule has 0 aliphatic carbocycles. The number of hydrogen-bond donors (Lipinski definition) is 0. The first kappa shape index (κ1) is 26.6. The number of carbonyl (C=O) groups is 1. The molecule has 2 aromatic carbocycles. The van der Waals surface area contributed by atoms with Gasteiger partial charge >= 0.3 is 24.0 Å². The second-order valence-corrected chi connectivity index (χ2v) is 8.39. The fourth-order valence-corrected chi connectivity index (χ4v) is 4.16. The van der Waals surface area contributed by atoms with E-state index in [0.29, 0.717) is 22.9 Å². The number of esters is 1. The van der Waals surface area contributed by atoms with Gasteiger partial charge in [0.05, 0.1) is 23.4 Å². The number of halogens is 8. The average Bonchev–Trinajstić information content (AvgIpc) is 3.23. The topological polar surface area (TPSA) is 31.2 Å². The summed E-state index contributed by atoms with van der Waals surface area (Å²) in [5, 5.41) is 0.168. The minimum atomic E-state index is -6.21. The van der Waals surface area contributed by atoms with Crippen LogP contribution in [0.15, 0.2) is 42.7 Å². The van der Waals surface area contributed by atoms with E-state index in [2.05, 4.69) is 0 Å². The lowest BCUT2D eigenvalue weighted by molar-refractivity contribution is -0.348. The molecule has 0 N–H and O–H groups in total. The first-order valence-electron chi connectivity index (χ1n) is 10.0. The van der Waals surface area contributed by atoms with E-state index in [0.717, 1.165) is 6.92 Å². The van der Waals surface area contributed by atoms with Crippen LogP contribution in [0.25, 0.3) is 16.8 Å². The van der Waals surface area contributed by atoms with Crippen LogP contribution in [0.2, 0.25) is 5.02 Å². The van der Waals surface area contributed by atoms with Gasteiger partial charge in [0.25, 0.3) is 0 Å². The smallest absolute Gasteiger partial charge is 0.435 e. The van der Waals surface area contributed by atoms with Crippen LogP contribution in [-0.2, 0) is 10.4 Å². The normalized spacial score (nSPS) is 12.7. The quantitative estimate of drug-likeness (QED) is 0.259. The summed E-state index contributed by atoms with van der Waals surface area (Å²) in [7, 11) is 1.20. The Morgan fingerprint density at radius 2 is 1.49 bits per heavy atom. The molecule has 3 rings (SSSR count). The third-order valence-corrected chi connectivity index (χ3v) is 6.19. The predicted molar refractivity (Wildman–Crippen MR) is 117 cm³/mol. The highest BCUT2D eigenvalue weighted by atomic mass is 35.5. The zero-order valence-corrected chi connectivity index (χ0v) is 19.6. The molecule has 0 amide bonds. The number of hydrogen-bond acceptors (Lipinski definition) is 2. The third-order valence-electron chi connectivity index (χ3n) is 5.86. The summed E-state index contributed by atoms with van der Waals surface area (Å²) in [6.45, 7) is 3.65. The Labute approximate surface area is 201 Å². The Hall–Kier alpha value is -3.01. The zero-order valence-electron chi connectivity index (χ0n) is 18.8. The molecule has 0 spiro atoms. The molecule has 188 valence electrons. The molecule has 35 heavy (non-hydrogen) atoms. The number of carbonyl (C=O) groups excluding carboxylic acids is 1. The van der Waals surface area contributed by atoms with Crippen molar-refractivity contribution in [3.05, 3.63) is 75.6 Å². The van der Waals surface area contributed by atoms with Crippen molar-refractivity contribution in [1.82, 2.24) is 4.57 Å². The summed E-state index contributed by atoms with van der Waals surface area (Å²) in [5.74, 6) is -0.654. The average molecular weight is 522 g/mol. The molecular formula is C24H19ClF7NO2. The molecule has 0 unspecified atom stereocenters. The molecule has 0 saturated heterocycles. The number of rotatable bonds is 4. The van der Waals surface area contributed by atoms with Crippen LogP contribution in [0.1, 0.15) is 32.6 Å². The van der Waals surface area contributed by atoms with E-state index in [1.165, 1.54) is 37.7 Å². The maximum Gasteiger partial charge on any atom is 0.435 e. The van der Waals surface area contributed by atoms with E-state index in [-0.39, 0.29) is 21.7 Å². The predicted octanol–water partition coefficient (Wildman–Crippen LogP) is 7.80. The van der Waals surface area contributed by atoms with Crippen molar-refractivity contribution in [3.8, 4) is 16.8 Å². The van der Waals surface area contributed by atoms with Gasteiger partial charge in [0, 0.05) is 18.0 Å². The SMILES string of the molecule is COC(=O)c1cc(-c2ccn(-c3c(C)cc(C(F)(C(F)(F)F)C(F)(F)F)c(C)c3C)c2)ccc1Cl. The van der Waals surface area contributed by atoms with Gasteiger partial charge in [0.1, 0.15) is 0 Å². The molecule has 0 atom stereocenters. The van der Waals surface area contributed by atoms with Crippen molar-refractivity contribution in [3.63, 3.8) is 0 Å². The summed E-state index contributed by atoms with van der Waals surface area (Å²) in [5.41, 5.74) is -5.88. The molecule has 11 heteroatoms. The third kappa shape index (κ3) is 4.39. The van der Waals surface area contributed by atoms with Crippen molar-refractivity contribution < 1.29 is 40.3 Å². The Balaban J connectivity index is 2.15. The zero-order chi connectivity index (χ0) is 26.5. The molecule has 0 bridgehead atoms. The van der Waals surface area contributed by atoms with Crippen LogP contribution in [0.5, 0.6) is 0 Å². The van der Waals surface area contributed by atoms with Gasteiger partial charge in [-0.2, -0.15) is 26.3 Å². The highest BCUT2D eigenvalue weighted by Crippen LogP contribution is 2.54. The van der Waals surface area contributed by atoms with Crippen molar-refractivity contribution in [2.75, 3.05) is 7.11 Å². The second kappa shape index (κ2) is 8.89. The van der Waals surface area contributed by atoms with Crippen LogP contribution < -0.4 is 0 Å². The molecular weight excluding hydrogens is 503 g/mol. The molecule has 3 aromatic rings. The first-order valence-corrected chi connectivity index (χ1v) is 10.4. The van der Waals surface area contributed by atoms with Crippen molar-refractivity contribution in [2.24, 2.45) is 0 Å². The van der Waals surface area contributed by atoms with E-state index in [1.807, 2.05) is 0 Å². The molecule has 0 fully saturated rings. The maximum atomic E-state index is 14.8. The highest BCUT2D eigenvalue weighted by molar-refractivity contribution is 6.33. The fraction of sp³-hybridized carbons (Fsp3) is 0.292. The highest BCUT2D eigenvalue weighted by Gasteiger charge is 2.74. The lowest BCUT2D eigenvalue weighted by Gasteiger charge is -2.32. The minimum absolute atomic E-state index is 0.00660. The summed E-state index contributed by atoms with van der Waals surface area (Å²) >= 11 is 6.04. The van der Waals surface area contributed by atoms with Gasteiger partial charge in [-0.15, -0.1) is 0 Å². The number of aryl methyl sites for hydroxylation is 1. The van der Waals surface area contributed by atoms with Gasteiger partial charge in [0.2, 0.25) is 0 Å². The summed E-state index contributed by atoms with van der Waals surface area (Å²) in [6, 6.07) is 6.83. The van der Waals surface area contributed by atoms with Crippen LogP contribution in [0, 0.1) is 20.8 Å². The van der Waals surface area contributed by atoms with Crippen molar-refractivity contribution in [1.29, 1.82) is 0 Å². The van der Waals surface area contributed by atoms with Gasteiger partial charge in [-0.25, -0.2) is 9.18 Å². The second-order valence-electron chi connectivity index (χ2n) is 7.99. The number of ether oxygens (including phenoxy) is 1. The van der Waals surface area contributed by atoms with Gasteiger partial charge in [0.15, 0.2) is 0 Å². The number of aromatic nitrogens is 1. The van der Waals surface area contributed by atoms with Crippen LogP contribution in [-0.4, -0.2) is 30.0 Å². The number of nitrogens with zero attached hydrogens (tertiary/aromatic N) is 1. The van der Waals surface area contributed by atoms with Gasteiger partial charge in [-0.1, -0.05) is 17.7 Å². The molecule has 1 heterocycles. The standard InChI is InChI=1S/C24H19ClF7NO2/c1-12-9-18(22(26,23(27,28)29)24(30,31)32)13(2)14(3)20(12)33-8-7-16(11-33)15-5-6-19(25)17(10-15)21(34)35-4/h5-11H,1-4H3. The van der Waals surface area contributed by atoms with Crippen LogP contribution >= 0.6 is 11.6 Å². The van der Waals surface area contributed by atoms with Gasteiger partial charge in [-0.05, 0) is 72.9 Å². The van der Waals surface area contributed by atoms with Gasteiger partial charge < -0.3 is 9.30 Å². The Kier molecular flexibility index (Phi) is 6.76. The molecule has 0 aliphatic rings. The van der Waals surface area contributed by atoms with Crippen molar-refractivity contribution in [2.45, 2.75) is 38.8 Å². The largest absolute Gasteiger partial charge is 0.465 e. The van der Waals surface area contributed by atoms with Crippen LogP contribution in [0.4, 0.5) is 30.7 Å². The lowest BCUT2D eigenvalue weighted by atomic mass is 9.86. The Morgan fingerprint density at radius 1 is 0.886 bits per heavy atom. The van der Waals surface area contributed by atoms with E-state index in [1.54, 1.807) is 24.5 Å². The number of methoxy groups -OCH3 is 1. The van der Waals surface area contributed by atoms with Crippen molar-refractivity contribution >= 4 is 17.6 Å². The molecule has 1 aromatic heterocycles.